The molecule has 0 saturated carbocycles. The van der Waals surface area contributed by atoms with Gasteiger partial charge in [-0.05, 0) is 110 Å². The van der Waals surface area contributed by atoms with Crippen LogP contribution in [-0.4, -0.2) is 98.1 Å². The Kier molecular flexibility index (Phi) is 42.3. The van der Waals surface area contributed by atoms with Crippen molar-refractivity contribution >= 4 is 0 Å². The maximum atomic E-state index is 2.91. The lowest BCUT2D eigenvalue weighted by Crippen LogP contribution is -2.43. The number of likely N-dealkylation sites (tertiary alicyclic amines) is 1. The molecule has 0 radical (unpaired) electrons. The second-order valence-electron chi connectivity index (χ2n) is 19.1. The molecule has 0 aromatic carbocycles. The van der Waals surface area contributed by atoms with Gasteiger partial charge in [-0.15, -0.1) is 0 Å². The Balaban J connectivity index is 2.51. The molecule has 0 aliphatic carbocycles. The Morgan fingerprint density at radius 3 is 0.895 bits per heavy atom. The molecular formula is C53H110N4. The third-order valence-corrected chi connectivity index (χ3v) is 13.7. The minimum atomic E-state index is 0.947. The molecule has 1 fully saturated rings. The molecule has 0 unspecified atom stereocenters. The van der Waals surface area contributed by atoms with Gasteiger partial charge in [0, 0.05) is 26.2 Å². The molecule has 4 nitrogen and oxygen atoms in total. The summed E-state index contributed by atoms with van der Waals surface area (Å²) in [5.74, 6) is 0.947. The highest BCUT2D eigenvalue weighted by molar-refractivity contribution is 4.76. The van der Waals surface area contributed by atoms with Crippen molar-refractivity contribution < 1.29 is 0 Å². The monoisotopic (exact) mass is 803 g/mol. The summed E-state index contributed by atoms with van der Waals surface area (Å²) in [5, 5.41) is 0. The van der Waals surface area contributed by atoms with Crippen LogP contribution < -0.4 is 0 Å². The lowest BCUT2D eigenvalue weighted by atomic mass is 9.93. The number of piperidine rings is 1. The maximum Gasteiger partial charge on any atom is 0.0110 e. The first kappa shape index (κ1) is 54.9. The first-order valence-corrected chi connectivity index (χ1v) is 27.1. The van der Waals surface area contributed by atoms with Crippen LogP contribution in [0.25, 0.3) is 0 Å². The Morgan fingerprint density at radius 1 is 0.298 bits per heavy atom. The first-order chi connectivity index (χ1) is 28.2. The van der Waals surface area contributed by atoms with Crippen molar-refractivity contribution in [1.82, 2.24) is 19.6 Å². The van der Waals surface area contributed by atoms with Gasteiger partial charge in [0.25, 0.3) is 0 Å². The highest BCUT2D eigenvalue weighted by atomic mass is 15.2. The molecule has 1 aliphatic heterocycles. The number of hydrogen-bond donors (Lipinski definition) is 0. The minimum Gasteiger partial charge on any atom is -0.303 e. The highest BCUT2D eigenvalue weighted by Crippen LogP contribution is 2.22. The van der Waals surface area contributed by atoms with Crippen molar-refractivity contribution in [3.8, 4) is 0 Å². The molecule has 1 aliphatic rings. The van der Waals surface area contributed by atoms with Crippen LogP contribution >= 0.6 is 0 Å². The van der Waals surface area contributed by atoms with E-state index in [0.29, 0.717) is 0 Å². The van der Waals surface area contributed by atoms with E-state index in [9.17, 15) is 0 Å². The largest absolute Gasteiger partial charge is 0.303 e. The van der Waals surface area contributed by atoms with E-state index in [4.69, 9.17) is 0 Å². The van der Waals surface area contributed by atoms with E-state index in [2.05, 4.69) is 54.2 Å². The van der Waals surface area contributed by atoms with Crippen molar-refractivity contribution in [2.45, 2.75) is 259 Å². The van der Waals surface area contributed by atoms with Gasteiger partial charge in [0.15, 0.2) is 0 Å². The van der Waals surface area contributed by atoms with Gasteiger partial charge in [0.05, 0.1) is 0 Å². The zero-order valence-electron chi connectivity index (χ0n) is 40.6. The van der Waals surface area contributed by atoms with Gasteiger partial charge in [0.1, 0.15) is 0 Å². The molecule has 1 heterocycles. The second kappa shape index (κ2) is 43.9. The summed E-state index contributed by atoms with van der Waals surface area (Å²) in [5.41, 5.74) is 0. The van der Waals surface area contributed by atoms with Crippen LogP contribution in [0.4, 0.5) is 0 Å². The molecule has 1 rings (SSSR count). The predicted molar refractivity (Wildman–Crippen MR) is 259 cm³/mol. The molecular weight excluding hydrogens is 693 g/mol. The van der Waals surface area contributed by atoms with Crippen molar-refractivity contribution in [1.29, 1.82) is 0 Å². The Hall–Kier alpha value is -0.160. The van der Waals surface area contributed by atoms with E-state index in [1.54, 1.807) is 0 Å². The molecule has 0 aromatic rings. The number of hydrogen-bond acceptors (Lipinski definition) is 4. The molecule has 57 heavy (non-hydrogen) atoms. The minimum absolute atomic E-state index is 0.947. The van der Waals surface area contributed by atoms with Gasteiger partial charge < -0.3 is 19.6 Å². The van der Waals surface area contributed by atoms with E-state index >= 15 is 0 Å². The molecule has 0 bridgehead atoms. The lowest BCUT2D eigenvalue weighted by molar-refractivity contribution is 0.134. The zero-order valence-corrected chi connectivity index (χ0v) is 40.6. The topological polar surface area (TPSA) is 13.0 Å². The van der Waals surface area contributed by atoms with Gasteiger partial charge in [0.2, 0.25) is 0 Å². The molecule has 0 atom stereocenters. The van der Waals surface area contributed by atoms with Crippen LogP contribution in [0.2, 0.25) is 0 Å². The van der Waals surface area contributed by atoms with Crippen molar-refractivity contribution in [3.63, 3.8) is 0 Å². The van der Waals surface area contributed by atoms with Crippen molar-refractivity contribution in [3.05, 3.63) is 0 Å². The number of nitrogens with zero attached hydrogens (tertiary/aromatic N) is 4. The van der Waals surface area contributed by atoms with E-state index in [1.807, 2.05) is 0 Å². The first-order valence-electron chi connectivity index (χ1n) is 27.1. The average Bonchev–Trinajstić information content (AvgIpc) is 3.23. The quantitative estimate of drug-likeness (QED) is 0.0568. The van der Waals surface area contributed by atoms with Crippen molar-refractivity contribution in [2.24, 2.45) is 5.92 Å². The molecule has 0 aromatic heterocycles. The van der Waals surface area contributed by atoms with E-state index in [1.165, 1.54) is 303 Å². The second-order valence-corrected chi connectivity index (χ2v) is 19.1. The van der Waals surface area contributed by atoms with Crippen LogP contribution in [0.5, 0.6) is 0 Å². The van der Waals surface area contributed by atoms with Crippen molar-refractivity contribution in [2.75, 3.05) is 78.5 Å². The Morgan fingerprint density at radius 2 is 0.561 bits per heavy atom. The summed E-state index contributed by atoms with van der Waals surface area (Å²) in [6.07, 6.45) is 49.9. The normalized spacial score (nSPS) is 14.3. The fourth-order valence-electron chi connectivity index (χ4n) is 9.37. The lowest BCUT2D eigenvalue weighted by Gasteiger charge is -2.35. The summed E-state index contributed by atoms with van der Waals surface area (Å²) in [4.78, 5) is 11.5. The fraction of sp³-hybridized carbons (Fsp3) is 1.00. The van der Waals surface area contributed by atoms with E-state index < -0.39 is 0 Å². The summed E-state index contributed by atoms with van der Waals surface area (Å²) < 4.78 is 0. The van der Waals surface area contributed by atoms with Crippen LogP contribution in [0, 0.1) is 5.92 Å². The predicted octanol–water partition coefficient (Wildman–Crippen LogP) is 15.6. The standard InChI is InChI=1S/C53H110N4/c1-6-11-16-21-23-25-27-29-31-36-41-54(42-37-32-30-28-26-24-22-17-12-7-2)46-38-53-39-47-57(48-40-53)52-51-56(45-35-20-15-10-5)50-49-55(43-33-18-13-8-3)44-34-19-14-9-4/h53H,6-52H2,1-5H3. The summed E-state index contributed by atoms with van der Waals surface area (Å²) >= 11 is 0. The number of unbranched alkanes of at least 4 members (excludes halogenated alkanes) is 27. The molecule has 0 amide bonds. The van der Waals surface area contributed by atoms with Gasteiger partial charge in [-0.3, -0.25) is 0 Å². The highest BCUT2D eigenvalue weighted by Gasteiger charge is 2.21. The van der Waals surface area contributed by atoms with E-state index in [-0.39, 0.29) is 0 Å². The maximum absolute atomic E-state index is 2.91. The summed E-state index contributed by atoms with van der Waals surface area (Å²) in [6, 6.07) is 0. The Bertz CT molecular complexity index is 715. The SMILES string of the molecule is CCCCCCCCCCCCN(CCCCCCCCCCCC)CCC1CCN(CCN(CCCCCC)CCN(CCCCCC)CCCCCC)CC1. The van der Waals surface area contributed by atoms with Gasteiger partial charge in [-0.1, -0.05) is 208 Å². The Labute approximate surface area is 362 Å². The molecule has 4 heteroatoms. The van der Waals surface area contributed by atoms with Crippen LogP contribution in [0.1, 0.15) is 259 Å². The fourth-order valence-corrected chi connectivity index (χ4v) is 9.37. The molecule has 1 saturated heterocycles. The third-order valence-electron chi connectivity index (χ3n) is 13.7. The molecule has 0 N–H and O–H groups in total. The number of rotatable bonds is 46. The van der Waals surface area contributed by atoms with Gasteiger partial charge in [-0.2, -0.15) is 0 Å². The average molecular weight is 803 g/mol. The summed E-state index contributed by atoms with van der Waals surface area (Å²) in [7, 11) is 0. The summed E-state index contributed by atoms with van der Waals surface area (Å²) in [6.45, 7) is 27.5. The van der Waals surface area contributed by atoms with Gasteiger partial charge in [-0.25, -0.2) is 0 Å². The molecule has 342 valence electrons. The molecule has 0 spiro atoms. The van der Waals surface area contributed by atoms with Gasteiger partial charge >= 0.3 is 0 Å². The zero-order chi connectivity index (χ0) is 41.1. The van der Waals surface area contributed by atoms with Crippen LogP contribution in [0.15, 0.2) is 0 Å². The third kappa shape index (κ3) is 36.2. The van der Waals surface area contributed by atoms with Crippen LogP contribution in [0.3, 0.4) is 0 Å². The van der Waals surface area contributed by atoms with E-state index in [0.717, 1.165) is 5.92 Å². The van der Waals surface area contributed by atoms with Crippen LogP contribution in [-0.2, 0) is 0 Å². The smallest absolute Gasteiger partial charge is 0.0110 e.